The summed E-state index contributed by atoms with van der Waals surface area (Å²) in [6.45, 7) is 11.3. The minimum Gasteiger partial charge on any atom is -0.387 e. The number of rotatable bonds is 6. The molecule has 0 aromatic heterocycles. The first-order valence-corrected chi connectivity index (χ1v) is 12.7. The smallest absolute Gasteiger partial charge is 0.0915 e. The van der Waals surface area contributed by atoms with Gasteiger partial charge >= 0.3 is 0 Å². The molecule has 1 N–H and O–H groups in total. The number of benzene rings is 3. The molecule has 1 aliphatic rings. The van der Waals surface area contributed by atoms with Gasteiger partial charge in [-0.15, -0.1) is 11.8 Å². The fourth-order valence-electron chi connectivity index (χ4n) is 5.60. The Morgan fingerprint density at radius 1 is 0.875 bits per heavy atom. The van der Waals surface area contributed by atoms with Crippen LogP contribution >= 0.6 is 11.8 Å². The van der Waals surface area contributed by atoms with Crippen LogP contribution in [0.1, 0.15) is 65.7 Å². The minimum absolute atomic E-state index is 0.0648. The largest absolute Gasteiger partial charge is 0.387 e. The molecule has 3 aromatic rings. The van der Waals surface area contributed by atoms with E-state index in [0.717, 1.165) is 12.0 Å². The Balaban J connectivity index is 1.81. The molecule has 0 aliphatic heterocycles. The van der Waals surface area contributed by atoms with Crippen LogP contribution in [0.4, 0.5) is 0 Å². The normalized spacial score (nSPS) is 22.6. The first-order chi connectivity index (χ1) is 15.3. The Kier molecular flexibility index (Phi) is 6.83. The van der Waals surface area contributed by atoms with E-state index in [1.165, 1.54) is 45.6 Å². The highest BCUT2D eigenvalue weighted by atomic mass is 32.2. The Morgan fingerprint density at radius 2 is 1.44 bits per heavy atom. The molecule has 0 radical (unpaired) electrons. The molecule has 1 fully saturated rings. The Hall–Kier alpha value is -2.03. The summed E-state index contributed by atoms with van der Waals surface area (Å²) in [5.74, 6) is 0.393. The lowest BCUT2D eigenvalue weighted by atomic mass is 9.71. The van der Waals surface area contributed by atoms with Crippen LogP contribution in [0.5, 0.6) is 0 Å². The van der Waals surface area contributed by atoms with Gasteiger partial charge in [0.25, 0.3) is 0 Å². The fourth-order valence-corrected chi connectivity index (χ4v) is 7.43. The lowest BCUT2D eigenvalue weighted by Crippen LogP contribution is -2.37. The molecule has 3 aromatic carbocycles. The maximum Gasteiger partial charge on any atom is 0.0915 e. The molecule has 0 bridgehead atoms. The molecule has 0 unspecified atom stereocenters. The van der Waals surface area contributed by atoms with Crippen molar-refractivity contribution in [1.29, 1.82) is 0 Å². The second kappa shape index (κ2) is 9.45. The molecule has 4 rings (SSSR count). The van der Waals surface area contributed by atoms with Gasteiger partial charge in [0, 0.05) is 10.1 Å². The summed E-state index contributed by atoms with van der Waals surface area (Å²) >= 11 is 1.92. The highest BCUT2D eigenvalue weighted by Gasteiger charge is 2.47. The average Bonchev–Trinajstić information content (AvgIpc) is 3.21. The number of hydrogen-bond acceptors (Lipinski definition) is 2. The van der Waals surface area contributed by atoms with Crippen LogP contribution in [0.15, 0.2) is 71.6 Å². The van der Waals surface area contributed by atoms with E-state index in [2.05, 4.69) is 83.1 Å². The van der Waals surface area contributed by atoms with Gasteiger partial charge in [0.1, 0.15) is 0 Å². The van der Waals surface area contributed by atoms with Crippen LogP contribution in [-0.4, -0.2) is 10.4 Å². The van der Waals surface area contributed by atoms with Gasteiger partial charge in [0.15, 0.2) is 0 Å². The molecular weight excluding hydrogens is 408 g/mol. The van der Waals surface area contributed by atoms with Crippen LogP contribution in [0.3, 0.4) is 0 Å². The molecule has 0 heterocycles. The SMILES string of the molecule is Cc1cc(C)c(C)c(S[C@H]([C@H](O)c2ccccc2)[C@H]2CCC[C@]2(C)c2ccccc2)c1C. The first kappa shape index (κ1) is 23.1. The molecule has 1 aliphatic carbocycles. The van der Waals surface area contributed by atoms with Crippen molar-refractivity contribution in [1.82, 2.24) is 0 Å². The lowest BCUT2D eigenvalue weighted by molar-refractivity contribution is 0.135. The van der Waals surface area contributed by atoms with Gasteiger partial charge in [-0.1, -0.05) is 80.1 Å². The number of aryl methyl sites for hydroxylation is 2. The highest BCUT2D eigenvalue weighted by molar-refractivity contribution is 8.00. The third-order valence-corrected chi connectivity index (χ3v) is 9.57. The van der Waals surface area contributed by atoms with Gasteiger partial charge < -0.3 is 5.11 Å². The molecule has 168 valence electrons. The second-order valence-electron chi connectivity index (χ2n) is 9.81. The Labute approximate surface area is 198 Å². The predicted molar refractivity (Wildman–Crippen MR) is 138 cm³/mol. The van der Waals surface area contributed by atoms with Gasteiger partial charge in [-0.05, 0) is 85.3 Å². The topological polar surface area (TPSA) is 20.2 Å². The van der Waals surface area contributed by atoms with Crippen LogP contribution < -0.4 is 0 Å². The van der Waals surface area contributed by atoms with E-state index >= 15 is 0 Å². The summed E-state index contributed by atoms with van der Waals surface area (Å²) in [5.41, 5.74) is 7.86. The summed E-state index contributed by atoms with van der Waals surface area (Å²) in [5, 5.41) is 11.9. The van der Waals surface area contributed by atoms with Crippen LogP contribution in [0, 0.1) is 33.6 Å². The maximum absolute atomic E-state index is 11.8. The summed E-state index contributed by atoms with van der Waals surface area (Å²) in [6, 6.07) is 23.5. The number of thioether (sulfide) groups is 1. The van der Waals surface area contributed by atoms with Crippen LogP contribution in [0.25, 0.3) is 0 Å². The van der Waals surface area contributed by atoms with Crippen LogP contribution in [0.2, 0.25) is 0 Å². The van der Waals surface area contributed by atoms with Crippen molar-refractivity contribution in [2.45, 2.75) is 75.5 Å². The standard InChI is InChI=1S/C30H36OS/c1-20-19-21(2)23(4)28(22(20)3)32-29(27(31)24-13-8-6-9-14-24)26-17-12-18-30(26,5)25-15-10-7-11-16-25/h6-11,13-16,19,26-27,29,31H,12,17-18H2,1-5H3/t26-,27-,29+,30-/m1/s1. The quantitative estimate of drug-likeness (QED) is 0.390. The van der Waals surface area contributed by atoms with Crippen molar-refractivity contribution in [2.75, 3.05) is 0 Å². The Morgan fingerprint density at radius 3 is 2.03 bits per heavy atom. The van der Waals surface area contributed by atoms with E-state index in [1.54, 1.807) is 0 Å². The van der Waals surface area contributed by atoms with Crippen molar-refractivity contribution < 1.29 is 5.11 Å². The van der Waals surface area contributed by atoms with Crippen molar-refractivity contribution in [3.8, 4) is 0 Å². The molecular formula is C30H36OS. The van der Waals surface area contributed by atoms with Gasteiger partial charge in [-0.3, -0.25) is 0 Å². The molecule has 0 spiro atoms. The molecule has 32 heavy (non-hydrogen) atoms. The van der Waals surface area contributed by atoms with Crippen molar-refractivity contribution >= 4 is 11.8 Å². The zero-order valence-electron chi connectivity index (χ0n) is 20.1. The highest BCUT2D eigenvalue weighted by Crippen LogP contribution is 2.54. The van der Waals surface area contributed by atoms with Gasteiger partial charge in [-0.25, -0.2) is 0 Å². The zero-order chi connectivity index (χ0) is 22.9. The van der Waals surface area contributed by atoms with Crippen molar-refractivity contribution in [2.24, 2.45) is 5.92 Å². The predicted octanol–water partition coefficient (Wildman–Crippen LogP) is 7.87. The molecule has 0 amide bonds. The zero-order valence-corrected chi connectivity index (χ0v) is 20.9. The van der Waals surface area contributed by atoms with Crippen molar-refractivity contribution in [3.05, 3.63) is 100 Å². The minimum atomic E-state index is -0.507. The molecule has 1 saturated carbocycles. The summed E-state index contributed by atoms with van der Waals surface area (Å²) in [7, 11) is 0. The van der Waals surface area contributed by atoms with Crippen LogP contribution in [-0.2, 0) is 5.41 Å². The monoisotopic (exact) mass is 444 g/mol. The molecule has 4 atom stereocenters. The maximum atomic E-state index is 11.8. The third kappa shape index (κ3) is 4.28. The van der Waals surface area contributed by atoms with E-state index in [9.17, 15) is 5.11 Å². The van der Waals surface area contributed by atoms with Gasteiger partial charge in [0.2, 0.25) is 0 Å². The number of hydrogen-bond donors (Lipinski definition) is 1. The fraction of sp³-hybridized carbons (Fsp3) is 0.400. The molecule has 0 saturated heterocycles. The van der Waals surface area contributed by atoms with E-state index in [4.69, 9.17) is 0 Å². The van der Waals surface area contributed by atoms with E-state index in [0.29, 0.717) is 5.92 Å². The van der Waals surface area contributed by atoms with Gasteiger partial charge in [0.05, 0.1) is 6.10 Å². The number of aliphatic hydroxyl groups excluding tert-OH is 1. The Bertz CT molecular complexity index is 1030. The average molecular weight is 445 g/mol. The number of aliphatic hydroxyl groups is 1. The third-order valence-electron chi connectivity index (χ3n) is 7.86. The molecule has 2 heteroatoms. The second-order valence-corrected chi connectivity index (χ2v) is 11.0. The van der Waals surface area contributed by atoms with E-state index in [1.807, 2.05) is 30.0 Å². The first-order valence-electron chi connectivity index (χ1n) is 11.9. The van der Waals surface area contributed by atoms with E-state index < -0.39 is 6.10 Å². The van der Waals surface area contributed by atoms with E-state index in [-0.39, 0.29) is 10.7 Å². The summed E-state index contributed by atoms with van der Waals surface area (Å²) < 4.78 is 0. The van der Waals surface area contributed by atoms with Gasteiger partial charge in [-0.2, -0.15) is 0 Å². The molecule has 1 nitrogen and oxygen atoms in total. The summed E-state index contributed by atoms with van der Waals surface area (Å²) in [4.78, 5) is 1.35. The van der Waals surface area contributed by atoms with Crippen molar-refractivity contribution in [3.63, 3.8) is 0 Å². The summed E-state index contributed by atoms with van der Waals surface area (Å²) in [6.07, 6.45) is 3.02. The lowest BCUT2D eigenvalue weighted by Gasteiger charge is -2.40.